The highest BCUT2D eigenvalue weighted by molar-refractivity contribution is 5.77. The van der Waals surface area contributed by atoms with Crippen LogP contribution in [0.15, 0.2) is 12.2 Å². The highest BCUT2D eigenvalue weighted by Crippen LogP contribution is 2.15. The minimum atomic E-state index is -1.01. The van der Waals surface area contributed by atoms with Gasteiger partial charge in [0.1, 0.15) is 0 Å². The monoisotopic (exact) mass is 565 g/mol. The van der Waals surface area contributed by atoms with Gasteiger partial charge in [0.05, 0.1) is 0 Å². The number of carboxylic acid groups (broad SMARTS) is 1. The van der Waals surface area contributed by atoms with E-state index in [-0.39, 0.29) is 5.97 Å². The molecule has 0 heterocycles. The lowest BCUT2D eigenvalue weighted by atomic mass is 10.0. The SMILES string of the molecule is CCCCCCCC/C=C\CCCCCCCCCC(=O)OC(CCCCCCCCCCCCCC)C(=O)O. The summed E-state index contributed by atoms with van der Waals surface area (Å²) in [7, 11) is 0. The van der Waals surface area contributed by atoms with Crippen molar-refractivity contribution in [2.75, 3.05) is 0 Å². The van der Waals surface area contributed by atoms with Crippen molar-refractivity contribution in [1.82, 2.24) is 0 Å². The average Bonchev–Trinajstić information content (AvgIpc) is 2.94. The number of aliphatic carboxylic acids is 1. The Morgan fingerprint density at radius 1 is 0.525 bits per heavy atom. The Morgan fingerprint density at radius 2 is 0.875 bits per heavy atom. The third-order valence-corrected chi connectivity index (χ3v) is 8.01. The number of hydrogen-bond acceptors (Lipinski definition) is 3. The van der Waals surface area contributed by atoms with Gasteiger partial charge < -0.3 is 9.84 Å². The molecule has 40 heavy (non-hydrogen) atoms. The van der Waals surface area contributed by atoms with E-state index in [1.54, 1.807) is 0 Å². The van der Waals surface area contributed by atoms with Gasteiger partial charge in [0.25, 0.3) is 0 Å². The number of esters is 1. The molecule has 0 rings (SSSR count). The largest absolute Gasteiger partial charge is 0.479 e. The molecule has 0 bridgehead atoms. The zero-order valence-corrected chi connectivity index (χ0v) is 26.9. The van der Waals surface area contributed by atoms with Crippen molar-refractivity contribution in [3.8, 4) is 0 Å². The van der Waals surface area contributed by atoms with Crippen molar-refractivity contribution >= 4 is 11.9 Å². The van der Waals surface area contributed by atoms with Gasteiger partial charge >= 0.3 is 11.9 Å². The molecule has 0 saturated carbocycles. The van der Waals surface area contributed by atoms with Crippen molar-refractivity contribution in [3.05, 3.63) is 12.2 Å². The first-order valence-corrected chi connectivity index (χ1v) is 17.7. The molecule has 0 aliphatic heterocycles. The van der Waals surface area contributed by atoms with Crippen LogP contribution in [0.2, 0.25) is 0 Å². The molecular formula is C36H68O4. The van der Waals surface area contributed by atoms with E-state index in [2.05, 4.69) is 26.0 Å². The van der Waals surface area contributed by atoms with Gasteiger partial charge in [-0.25, -0.2) is 4.79 Å². The molecule has 0 saturated heterocycles. The van der Waals surface area contributed by atoms with Crippen LogP contribution in [0.5, 0.6) is 0 Å². The maximum atomic E-state index is 12.1. The maximum absolute atomic E-state index is 12.1. The minimum Gasteiger partial charge on any atom is -0.479 e. The molecule has 0 aromatic heterocycles. The van der Waals surface area contributed by atoms with Gasteiger partial charge in [0, 0.05) is 6.42 Å². The van der Waals surface area contributed by atoms with Crippen LogP contribution in [0.3, 0.4) is 0 Å². The summed E-state index contributed by atoms with van der Waals surface area (Å²) in [6.45, 7) is 4.52. The van der Waals surface area contributed by atoms with E-state index in [0.29, 0.717) is 12.8 Å². The first-order chi connectivity index (χ1) is 19.6. The van der Waals surface area contributed by atoms with Crippen molar-refractivity contribution in [2.24, 2.45) is 0 Å². The first kappa shape index (κ1) is 38.7. The summed E-state index contributed by atoms with van der Waals surface area (Å²) in [5.74, 6) is -1.35. The van der Waals surface area contributed by atoms with Crippen LogP contribution >= 0.6 is 0 Å². The Balaban J connectivity index is 3.55. The zero-order valence-electron chi connectivity index (χ0n) is 26.9. The van der Waals surface area contributed by atoms with Crippen molar-refractivity contribution in [1.29, 1.82) is 0 Å². The molecule has 4 nitrogen and oxygen atoms in total. The number of unbranched alkanes of at least 4 members (excludes halogenated alkanes) is 24. The normalized spacial score (nSPS) is 12.2. The summed E-state index contributed by atoms with van der Waals surface area (Å²) in [6.07, 6.45) is 38.1. The van der Waals surface area contributed by atoms with Crippen molar-refractivity contribution in [2.45, 2.75) is 206 Å². The van der Waals surface area contributed by atoms with Crippen LogP contribution in [0.25, 0.3) is 0 Å². The second-order valence-corrected chi connectivity index (χ2v) is 12.0. The van der Waals surface area contributed by atoms with Crippen molar-refractivity contribution in [3.63, 3.8) is 0 Å². The summed E-state index contributed by atoms with van der Waals surface area (Å²) >= 11 is 0. The standard InChI is InChI=1S/C36H68O4/c1-3-5-7-9-11-13-15-17-18-19-20-21-23-25-27-29-31-33-35(37)40-34(36(38)39)32-30-28-26-24-22-16-14-12-10-8-6-4-2/h17-18,34H,3-16,19-33H2,1-2H3,(H,38,39)/b18-17-. The van der Waals surface area contributed by atoms with Gasteiger partial charge in [-0.2, -0.15) is 0 Å². The van der Waals surface area contributed by atoms with E-state index in [9.17, 15) is 14.7 Å². The summed E-state index contributed by atoms with van der Waals surface area (Å²) in [4.78, 5) is 23.7. The first-order valence-electron chi connectivity index (χ1n) is 17.7. The Labute approximate surface area is 249 Å². The fourth-order valence-corrected chi connectivity index (χ4v) is 5.31. The summed E-state index contributed by atoms with van der Waals surface area (Å²) in [5, 5.41) is 9.44. The molecule has 4 heteroatoms. The van der Waals surface area contributed by atoms with E-state index in [0.717, 1.165) is 38.5 Å². The lowest BCUT2D eigenvalue weighted by Gasteiger charge is -2.13. The van der Waals surface area contributed by atoms with Crippen LogP contribution < -0.4 is 0 Å². The van der Waals surface area contributed by atoms with E-state index in [1.165, 1.54) is 135 Å². The topological polar surface area (TPSA) is 63.6 Å². The van der Waals surface area contributed by atoms with E-state index >= 15 is 0 Å². The summed E-state index contributed by atoms with van der Waals surface area (Å²) in [5.41, 5.74) is 0. The molecule has 236 valence electrons. The second kappa shape index (κ2) is 32.2. The Morgan fingerprint density at radius 3 is 1.27 bits per heavy atom. The predicted molar refractivity (Wildman–Crippen MR) is 172 cm³/mol. The van der Waals surface area contributed by atoms with E-state index in [1.807, 2.05) is 0 Å². The summed E-state index contributed by atoms with van der Waals surface area (Å²) in [6, 6.07) is 0. The fraction of sp³-hybridized carbons (Fsp3) is 0.889. The minimum absolute atomic E-state index is 0.339. The van der Waals surface area contributed by atoms with E-state index in [4.69, 9.17) is 4.74 Å². The molecule has 0 amide bonds. The van der Waals surface area contributed by atoms with Gasteiger partial charge in [-0.1, -0.05) is 161 Å². The van der Waals surface area contributed by atoms with Crippen LogP contribution in [0.4, 0.5) is 0 Å². The van der Waals surface area contributed by atoms with Crippen molar-refractivity contribution < 1.29 is 19.4 Å². The highest BCUT2D eigenvalue weighted by Gasteiger charge is 2.21. The molecular weight excluding hydrogens is 496 g/mol. The number of hydrogen-bond donors (Lipinski definition) is 1. The molecule has 1 N–H and O–H groups in total. The molecule has 0 radical (unpaired) electrons. The molecule has 0 aliphatic carbocycles. The summed E-state index contributed by atoms with van der Waals surface area (Å²) < 4.78 is 5.30. The van der Waals surface area contributed by atoms with Crippen LogP contribution in [0.1, 0.15) is 200 Å². The van der Waals surface area contributed by atoms with Gasteiger partial charge in [-0.05, 0) is 44.9 Å². The third kappa shape index (κ3) is 29.7. The van der Waals surface area contributed by atoms with Crippen LogP contribution in [-0.2, 0) is 14.3 Å². The quantitative estimate of drug-likeness (QED) is 0.0501. The zero-order chi connectivity index (χ0) is 29.4. The second-order valence-electron chi connectivity index (χ2n) is 12.0. The molecule has 0 spiro atoms. The van der Waals surface area contributed by atoms with Crippen LogP contribution in [-0.4, -0.2) is 23.1 Å². The lowest BCUT2D eigenvalue weighted by Crippen LogP contribution is -2.27. The van der Waals surface area contributed by atoms with Gasteiger partial charge in [0.15, 0.2) is 6.10 Å². The third-order valence-electron chi connectivity index (χ3n) is 8.01. The Kier molecular flexibility index (Phi) is 31.1. The number of rotatable bonds is 32. The molecule has 1 atom stereocenters. The number of carbonyl (C=O) groups is 2. The number of carboxylic acids is 1. The molecule has 0 aromatic carbocycles. The molecule has 0 fully saturated rings. The molecule has 0 aliphatic rings. The molecule has 1 unspecified atom stereocenters. The van der Waals surface area contributed by atoms with Gasteiger partial charge in [-0.3, -0.25) is 4.79 Å². The van der Waals surface area contributed by atoms with E-state index < -0.39 is 12.1 Å². The molecule has 0 aromatic rings. The average molecular weight is 565 g/mol. The smallest absolute Gasteiger partial charge is 0.345 e. The van der Waals surface area contributed by atoms with Gasteiger partial charge in [-0.15, -0.1) is 0 Å². The Hall–Kier alpha value is -1.32. The van der Waals surface area contributed by atoms with Crippen LogP contribution in [0, 0.1) is 0 Å². The maximum Gasteiger partial charge on any atom is 0.345 e. The van der Waals surface area contributed by atoms with Gasteiger partial charge in [0.2, 0.25) is 0 Å². The highest BCUT2D eigenvalue weighted by atomic mass is 16.6. The number of ether oxygens (including phenoxy) is 1. The number of allylic oxidation sites excluding steroid dienone is 2. The number of carbonyl (C=O) groups excluding carboxylic acids is 1. The fourth-order valence-electron chi connectivity index (χ4n) is 5.31. The lowest BCUT2D eigenvalue weighted by molar-refractivity contribution is -0.164. The Bertz CT molecular complexity index is 571. The predicted octanol–water partition coefficient (Wildman–Crippen LogP) is 11.9.